The molecule has 2 aromatic heterocycles. The summed E-state index contributed by atoms with van der Waals surface area (Å²) in [5.74, 6) is -0.435. The maximum absolute atomic E-state index is 14.1. The molecule has 8 rings (SSSR count). The second kappa shape index (κ2) is 24.1. The zero-order valence-corrected chi connectivity index (χ0v) is 43.9. The number of nitrogens with two attached hydrogens (primary N) is 1. The molecular formula is C55H70N10O8S. The number of hydrogen-bond donors (Lipinski definition) is 5. The third-order valence-corrected chi connectivity index (χ3v) is 15.0. The van der Waals surface area contributed by atoms with Gasteiger partial charge in [0.05, 0.1) is 47.9 Å². The Balaban J connectivity index is 0.731. The minimum Gasteiger partial charge on any atom is -0.507 e. The van der Waals surface area contributed by atoms with Gasteiger partial charge >= 0.3 is 0 Å². The maximum atomic E-state index is 14.1. The molecule has 3 saturated heterocycles. The molecule has 18 nitrogen and oxygen atoms in total. The van der Waals surface area contributed by atoms with Crippen LogP contribution in [0.1, 0.15) is 82.7 Å². The lowest BCUT2D eigenvalue weighted by molar-refractivity contribution is -0.144. The van der Waals surface area contributed by atoms with Crippen LogP contribution in [0.2, 0.25) is 0 Å². The first-order valence-electron chi connectivity index (χ1n) is 25.6. The minimum absolute atomic E-state index is 0.00819. The number of hydrogen-bond acceptors (Lipinski definition) is 15. The number of para-hydroxylation sites is 1. The fraction of sp³-hybridized carbons (Fsp3) is 0.473. The largest absolute Gasteiger partial charge is 0.507 e. The molecular weight excluding hydrogens is 961 g/mol. The quantitative estimate of drug-likeness (QED) is 0.0662. The molecule has 3 unspecified atom stereocenters. The molecule has 5 atom stereocenters. The predicted molar refractivity (Wildman–Crippen MR) is 284 cm³/mol. The lowest BCUT2D eigenvalue weighted by atomic mass is 9.85. The molecule has 0 radical (unpaired) electrons. The first-order chi connectivity index (χ1) is 35.5. The number of β-amino-alcohol motifs (C(OH)–C–C–N with tert-alkyl or cyclic N) is 1. The van der Waals surface area contributed by atoms with Crippen LogP contribution in [0, 0.1) is 12.3 Å². The van der Waals surface area contributed by atoms with E-state index in [9.17, 15) is 29.4 Å². The zero-order valence-electron chi connectivity index (χ0n) is 43.0. The highest BCUT2D eigenvalue weighted by molar-refractivity contribution is 7.13. The Bertz CT molecular complexity index is 2720. The molecule has 4 amide bonds. The number of nitrogens with zero attached hydrogens (tertiary/aromatic N) is 7. The summed E-state index contributed by atoms with van der Waals surface area (Å²) in [5.41, 5.74) is 13.5. The minimum atomic E-state index is -0.963. The SMILES string of the molecule is Cc1ncsc1-c1ccc(C(C)NC(=O)[C@@H]2C[C@@H](O)CN2C(=O)C(NC(=O)CCOCCC(=O)N2CCN(c3ccc(CN4CCCC(Oc5cc(-c6ccccc6O)nnc5N)C4)cc3)CC2)C(C)(C)C)cc1. The molecule has 5 heterocycles. The average molecular weight is 1030 g/mol. The Kier molecular flexibility index (Phi) is 17.5. The van der Waals surface area contributed by atoms with Gasteiger partial charge in [-0.05, 0) is 79.6 Å². The third kappa shape index (κ3) is 13.5. The van der Waals surface area contributed by atoms with Gasteiger partial charge in [-0.2, -0.15) is 0 Å². The van der Waals surface area contributed by atoms with Crippen molar-refractivity contribution < 1.29 is 38.9 Å². The summed E-state index contributed by atoms with van der Waals surface area (Å²) in [6, 6.07) is 23.0. The summed E-state index contributed by atoms with van der Waals surface area (Å²) in [6.45, 7) is 14.6. The number of piperidine rings is 1. The number of thiazole rings is 1. The maximum Gasteiger partial charge on any atom is 0.246 e. The molecule has 0 aliphatic carbocycles. The smallest absolute Gasteiger partial charge is 0.246 e. The molecule has 6 N–H and O–H groups in total. The fourth-order valence-corrected chi connectivity index (χ4v) is 10.7. The summed E-state index contributed by atoms with van der Waals surface area (Å²) < 4.78 is 12.1. The number of rotatable bonds is 18. The fourth-order valence-electron chi connectivity index (χ4n) is 9.85. The van der Waals surface area contributed by atoms with E-state index in [1.54, 1.807) is 35.6 Å². The molecule has 5 aromatic rings. The van der Waals surface area contributed by atoms with E-state index in [-0.39, 0.29) is 74.5 Å². The zero-order chi connectivity index (χ0) is 52.5. The standard InChI is InChI=1S/C55H70N10O8S/c1-35(38-14-16-39(17-15-38)50-36(2)57-34-74-50)58-53(70)45-29-41(66)32-65(45)54(71)51(55(3,4)5)59-48(68)20-27-72-28-21-49(69)64-25-23-63(24-26-64)40-18-12-37(13-19-40)31-62-22-8-9-42(33-62)73-47-30-44(60-61-52(47)56)43-10-6-7-11-46(43)67/h6-7,10-19,30,34-35,41-42,45,51,66-67H,8-9,20-29,31-33H2,1-5H3,(H2,56,61)(H,58,70)(H,59,68)/t35?,41-,42?,45+,51?/m1/s1. The van der Waals surface area contributed by atoms with Crippen LogP contribution < -0.4 is 26.0 Å². The van der Waals surface area contributed by atoms with Crippen molar-refractivity contribution >= 4 is 46.5 Å². The van der Waals surface area contributed by atoms with Crippen molar-refractivity contribution in [3.63, 3.8) is 0 Å². The molecule has 0 spiro atoms. The number of nitrogens with one attached hydrogen (secondary N) is 2. The van der Waals surface area contributed by atoms with Crippen LogP contribution in [0.4, 0.5) is 11.5 Å². The van der Waals surface area contributed by atoms with Gasteiger partial charge in [-0.25, -0.2) is 4.98 Å². The monoisotopic (exact) mass is 1030 g/mol. The molecule has 3 aliphatic rings. The van der Waals surface area contributed by atoms with Crippen LogP contribution in [-0.4, -0.2) is 147 Å². The number of benzene rings is 3. The van der Waals surface area contributed by atoms with Crippen LogP contribution in [0.15, 0.2) is 84.4 Å². The Morgan fingerprint density at radius 2 is 1.64 bits per heavy atom. The number of aromatic nitrogens is 3. The summed E-state index contributed by atoms with van der Waals surface area (Å²) in [4.78, 5) is 67.6. The van der Waals surface area contributed by atoms with Crippen molar-refractivity contribution in [1.29, 1.82) is 0 Å². The molecule has 3 aromatic carbocycles. The highest BCUT2D eigenvalue weighted by atomic mass is 32.1. The van der Waals surface area contributed by atoms with E-state index >= 15 is 0 Å². The normalized spacial score (nSPS) is 19.2. The van der Waals surface area contributed by atoms with Crippen molar-refractivity contribution in [3.8, 4) is 33.2 Å². The lowest BCUT2D eigenvalue weighted by Gasteiger charge is -2.36. The van der Waals surface area contributed by atoms with Gasteiger partial charge < -0.3 is 50.8 Å². The van der Waals surface area contributed by atoms with Crippen LogP contribution in [-0.2, 0) is 30.5 Å². The first kappa shape index (κ1) is 53.6. The van der Waals surface area contributed by atoms with E-state index in [0.29, 0.717) is 43.2 Å². The van der Waals surface area contributed by atoms with Gasteiger partial charge in [-0.1, -0.05) is 69.3 Å². The number of aliphatic hydroxyl groups excluding tert-OH is 1. The molecule has 3 aliphatic heterocycles. The number of likely N-dealkylation sites (tertiary alicyclic amines) is 2. The molecule has 0 saturated carbocycles. The number of nitrogen functional groups attached to an aromatic ring is 1. The van der Waals surface area contributed by atoms with Crippen molar-refractivity contribution in [2.24, 2.45) is 5.41 Å². The summed E-state index contributed by atoms with van der Waals surface area (Å²) in [6.07, 6.45) is 1.16. The van der Waals surface area contributed by atoms with Gasteiger partial charge in [0.25, 0.3) is 0 Å². The number of anilines is 2. The number of amides is 4. The van der Waals surface area contributed by atoms with Gasteiger partial charge in [0.2, 0.25) is 23.6 Å². The number of aliphatic hydroxyl groups is 1. The highest BCUT2D eigenvalue weighted by Gasteiger charge is 2.45. The molecule has 19 heteroatoms. The number of ether oxygens (including phenoxy) is 2. The number of carbonyl (C=O) groups is 4. The number of piperazine rings is 1. The van der Waals surface area contributed by atoms with Gasteiger partial charge in [-0.15, -0.1) is 21.5 Å². The van der Waals surface area contributed by atoms with Gasteiger partial charge in [0, 0.05) is 76.0 Å². The average Bonchev–Trinajstić information content (AvgIpc) is 4.01. The summed E-state index contributed by atoms with van der Waals surface area (Å²) >= 11 is 1.57. The molecule has 0 bridgehead atoms. The lowest BCUT2D eigenvalue weighted by Crippen LogP contribution is -2.58. The van der Waals surface area contributed by atoms with Crippen molar-refractivity contribution in [3.05, 3.63) is 101 Å². The van der Waals surface area contributed by atoms with E-state index in [2.05, 4.69) is 59.9 Å². The highest BCUT2D eigenvalue weighted by Crippen LogP contribution is 2.33. The van der Waals surface area contributed by atoms with Crippen LogP contribution in [0.3, 0.4) is 0 Å². The Morgan fingerprint density at radius 3 is 2.34 bits per heavy atom. The van der Waals surface area contributed by atoms with Crippen molar-refractivity contribution in [2.75, 3.05) is 69.7 Å². The number of aromatic hydroxyl groups is 1. The Labute approximate surface area is 437 Å². The molecule has 3 fully saturated rings. The van der Waals surface area contributed by atoms with Gasteiger partial charge in [0.15, 0.2) is 11.6 Å². The topological polar surface area (TPSA) is 229 Å². The van der Waals surface area contributed by atoms with Crippen LogP contribution in [0.25, 0.3) is 21.7 Å². The van der Waals surface area contributed by atoms with E-state index in [4.69, 9.17) is 15.2 Å². The van der Waals surface area contributed by atoms with E-state index < -0.39 is 35.4 Å². The Morgan fingerprint density at radius 1 is 0.905 bits per heavy atom. The molecule has 394 valence electrons. The van der Waals surface area contributed by atoms with Crippen LogP contribution >= 0.6 is 11.3 Å². The van der Waals surface area contributed by atoms with E-state index in [1.807, 2.05) is 75.4 Å². The number of aryl methyl sites for hydroxylation is 1. The number of carbonyl (C=O) groups excluding carboxylic acids is 4. The van der Waals surface area contributed by atoms with Gasteiger partial charge in [0.1, 0.15) is 29.6 Å². The van der Waals surface area contributed by atoms with Crippen molar-refractivity contribution in [2.45, 2.75) is 104 Å². The summed E-state index contributed by atoms with van der Waals surface area (Å²) in [5, 5.41) is 35.2. The van der Waals surface area contributed by atoms with E-state index in [1.165, 1.54) is 10.5 Å². The number of phenolic OH excluding ortho intramolecular Hbond substituents is 1. The number of phenols is 1. The second-order valence-electron chi connectivity index (χ2n) is 20.6. The summed E-state index contributed by atoms with van der Waals surface area (Å²) in [7, 11) is 0. The predicted octanol–water partition coefficient (Wildman–Crippen LogP) is 5.72. The molecule has 74 heavy (non-hydrogen) atoms. The van der Waals surface area contributed by atoms with Crippen molar-refractivity contribution in [1.82, 2.24) is 40.5 Å². The van der Waals surface area contributed by atoms with Gasteiger partial charge in [-0.3, -0.25) is 24.1 Å². The van der Waals surface area contributed by atoms with Crippen LogP contribution in [0.5, 0.6) is 11.5 Å². The third-order valence-electron chi connectivity index (χ3n) is 14.1. The van der Waals surface area contributed by atoms with E-state index in [0.717, 1.165) is 59.9 Å². The first-order valence-corrected chi connectivity index (χ1v) is 26.5. The second-order valence-corrected chi connectivity index (χ2v) is 21.5. The Hall–Kier alpha value is -6.67.